The van der Waals surface area contributed by atoms with Crippen molar-refractivity contribution in [2.75, 3.05) is 26.2 Å². The largest absolute Gasteiger partial charge is 0.444 e. The standard InChI is InChI=1S/C17H25ClN4O2/c1-17(2,3)24-16(23)22-9-7-21(8-10-22)15(19)20-12-13-5-4-6-14(18)11-13/h4-6,11H,7-10,12H2,1-3H3,(H2,19,20). The second-order valence-corrected chi connectivity index (χ2v) is 7.20. The highest BCUT2D eigenvalue weighted by atomic mass is 35.5. The Hall–Kier alpha value is -1.95. The second kappa shape index (κ2) is 7.75. The highest BCUT2D eigenvalue weighted by Gasteiger charge is 2.26. The van der Waals surface area contributed by atoms with E-state index in [1.165, 1.54) is 0 Å². The van der Waals surface area contributed by atoms with Crippen molar-refractivity contribution in [3.63, 3.8) is 0 Å². The van der Waals surface area contributed by atoms with E-state index < -0.39 is 5.60 Å². The quantitative estimate of drug-likeness (QED) is 0.656. The molecule has 1 saturated heterocycles. The van der Waals surface area contributed by atoms with Crippen LogP contribution in [0.15, 0.2) is 29.3 Å². The summed E-state index contributed by atoms with van der Waals surface area (Å²) in [5.74, 6) is 0.485. The van der Waals surface area contributed by atoms with Crippen molar-refractivity contribution in [2.24, 2.45) is 10.7 Å². The zero-order valence-corrected chi connectivity index (χ0v) is 15.2. The lowest BCUT2D eigenvalue weighted by Crippen LogP contribution is -2.53. The zero-order valence-electron chi connectivity index (χ0n) is 14.5. The van der Waals surface area contributed by atoms with Crippen molar-refractivity contribution in [1.29, 1.82) is 0 Å². The van der Waals surface area contributed by atoms with Gasteiger partial charge in [0.1, 0.15) is 5.60 Å². The van der Waals surface area contributed by atoms with Crippen LogP contribution in [-0.2, 0) is 11.3 Å². The van der Waals surface area contributed by atoms with Gasteiger partial charge in [-0.3, -0.25) is 0 Å². The fraction of sp³-hybridized carbons (Fsp3) is 0.529. The summed E-state index contributed by atoms with van der Waals surface area (Å²) < 4.78 is 5.38. The molecule has 1 aromatic rings. The predicted octanol–water partition coefficient (Wildman–Crippen LogP) is 2.71. The summed E-state index contributed by atoms with van der Waals surface area (Å²) in [5.41, 5.74) is 6.60. The number of carbonyl (C=O) groups excluding carboxylic acids is 1. The maximum atomic E-state index is 12.0. The van der Waals surface area contributed by atoms with E-state index >= 15 is 0 Å². The molecule has 2 N–H and O–H groups in total. The van der Waals surface area contributed by atoms with E-state index in [0.29, 0.717) is 43.7 Å². The number of ether oxygens (including phenoxy) is 1. The summed E-state index contributed by atoms with van der Waals surface area (Å²) in [4.78, 5) is 20.1. The molecule has 0 spiro atoms. The van der Waals surface area contributed by atoms with Gasteiger partial charge in [0.2, 0.25) is 0 Å². The van der Waals surface area contributed by atoms with E-state index in [-0.39, 0.29) is 6.09 Å². The van der Waals surface area contributed by atoms with Crippen LogP contribution < -0.4 is 5.73 Å². The maximum Gasteiger partial charge on any atom is 0.410 e. The number of rotatable bonds is 2. The van der Waals surface area contributed by atoms with Crippen molar-refractivity contribution >= 4 is 23.7 Å². The number of hydrogen-bond acceptors (Lipinski definition) is 3. The molecular formula is C17H25ClN4O2. The lowest BCUT2D eigenvalue weighted by molar-refractivity contribution is 0.0186. The number of halogens is 1. The summed E-state index contributed by atoms with van der Waals surface area (Å²) >= 11 is 5.96. The first-order valence-electron chi connectivity index (χ1n) is 8.02. The van der Waals surface area contributed by atoms with Gasteiger partial charge in [-0.2, -0.15) is 0 Å². The van der Waals surface area contributed by atoms with Gasteiger partial charge in [0.25, 0.3) is 0 Å². The van der Waals surface area contributed by atoms with E-state index in [1.54, 1.807) is 4.90 Å². The molecule has 1 amide bonds. The van der Waals surface area contributed by atoms with E-state index in [9.17, 15) is 4.79 Å². The van der Waals surface area contributed by atoms with Gasteiger partial charge in [0.05, 0.1) is 6.54 Å². The van der Waals surface area contributed by atoms with Crippen LogP contribution in [0.1, 0.15) is 26.3 Å². The molecule has 24 heavy (non-hydrogen) atoms. The third kappa shape index (κ3) is 5.60. The van der Waals surface area contributed by atoms with Crippen molar-refractivity contribution < 1.29 is 9.53 Å². The Morgan fingerprint density at radius 3 is 2.46 bits per heavy atom. The van der Waals surface area contributed by atoms with E-state index in [0.717, 1.165) is 5.56 Å². The molecule has 2 rings (SSSR count). The lowest BCUT2D eigenvalue weighted by atomic mass is 10.2. The number of nitrogens with zero attached hydrogens (tertiary/aromatic N) is 3. The van der Waals surface area contributed by atoms with Gasteiger partial charge in [-0.1, -0.05) is 23.7 Å². The minimum absolute atomic E-state index is 0.281. The molecule has 0 aromatic heterocycles. The molecule has 1 heterocycles. The van der Waals surface area contributed by atoms with Crippen LogP contribution in [-0.4, -0.2) is 53.6 Å². The summed E-state index contributed by atoms with van der Waals surface area (Å²) in [6.45, 7) is 8.50. The fourth-order valence-electron chi connectivity index (χ4n) is 2.35. The van der Waals surface area contributed by atoms with Gasteiger partial charge in [-0.05, 0) is 38.5 Å². The molecule has 1 aliphatic rings. The Labute approximate surface area is 148 Å². The molecule has 7 heteroatoms. The number of aliphatic imine (C=N–C) groups is 1. The Balaban J connectivity index is 1.85. The highest BCUT2D eigenvalue weighted by molar-refractivity contribution is 6.30. The van der Waals surface area contributed by atoms with E-state index in [4.69, 9.17) is 22.1 Å². The predicted molar refractivity (Wildman–Crippen MR) is 96.2 cm³/mol. The van der Waals surface area contributed by atoms with Gasteiger partial charge in [-0.15, -0.1) is 0 Å². The van der Waals surface area contributed by atoms with Gasteiger partial charge < -0.3 is 20.3 Å². The topological polar surface area (TPSA) is 71.2 Å². The normalized spacial score (nSPS) is 16.2. The van der Waals surface area contributed by atoms with Gasteiger partial charge in [-0.25, -0.2) is 9.79 Å². The molecular weight excluding hydrogens is 328 g/mol. The molecule has 1 aliphatic heterocycles. The SMILES string of the molecule is CC(C)(C)OC(=O)N1CCN(C(N)=NCc2cccc(Cl)c2)CC1. The molecule has 6 nitrogen and oxygen atoms in total. The highest BCUT2D eigenvalue weighted by Crippen LogP contribution is 2.13. The van der Waals surface area contributed by atoms with Gasteiger partial charge in [0, 0.05) is 31.2 Å². The minimum atomic E-state index is -0.480. The average Bonchev–Trinajstić information content (AvgIpc) is 2.51. The number of piperazine rings is 1. The van der Waals surface area contributed by atoms with E-state index in [2.05, 4.69) is 4.99 Å². The number of guanidine groups is 1. The van der Waals surface area contributed by atoms with Crippen LogP contribution in [0, 0.1) is 0 Å². The van der Waals surface area contributed by atoms with Crippen molar-refractivity contribution in [1.82, 2.24) is 9.80 Å². The Morgan fingerprint density at radius 2 is 1.88 bits per heavy atom. The molecule has 1 aromatic carbocycles. The molecule has 0 aliphatic carbocycles. The Bertz CT molecular complexity index is 605. The summed E-state index contributed by atoms with van der Waals surface area (Å²) in [7, 11) is 0. The first-order valence-corrected chi connectivity index (χ1v) is 8.39. The average molecular weight is 353 g/mol. The van der Waals surface area contributed by atoms with Crippen LogP contribution in [0.4, 0.5) is 4.79 Å². The molecule has 0 bridgehead atoms. The van der Waals surface area contributed by atoms with Gasteiger partial charge >= 0.3 is 6.09 Å². The van der Waals surface area contributed by atoms with Crippen molar-refractivity contribution in [3.05, 3.63) is 34.9 Å². The third-order valence-electron chi connectivity index (χ3n) is 3.57. The third-order valence-corrected chi connectivity index (χ3v) is 3.80. The Kier molecular flexibility index (Phi) is 5.94. The number of carbonyl (C=O) groups is 1. The smallest absolute Gasteiger partial charge is 0.410 e. The molecule has 132 valence electrons. The summed E-state index contributed by atoms with van der Waals surface area (Å²) in [5, 5.41) is 0.687. The fourth-order valence-corrected chi connectivity index (χ4v) is 2.57. The van der Waals surface area contributed by atoms with Crippen molar-refractivity contribution in [2.45, 2.75) is 32.9 Å². The number of amides is 1. The maximum absolute atomic E-state index is 12.0. The van der Waals surface area contributed by atoms with Crippen LogP contribution in [0.2, 0.25) is 5.02 Å². The van der Waals surface area contributed by atoms with Crippen LogP contribution in [0.3, 0.4) is 0 Å². The number of benzene rings is 1. The second-order valence-electron chi connectivity index (χ2n) is 6.76. The molecule has 0 saturated carbocycles. The molecule has 0 radical (unpaired) electrons. The first-order chi connectivity index (χ1) is 11.2. The van der Waals surface area contributed by atoms with Crippen LogP contribution in [0.25, 0.3) is 0 Å². The van der Waals surface area contributed by atoms with Crippen LogP contribution >= 0.6 is 11.6 Å². The molecule has 0 unspecified atom stereocenters. The molecule has 0 atom stereocenters. The lowest BCUT2D eigenvalue weighted by Gasteiger charge is -2.36. The van der Waals surface area contributed by atoms with Gasteiger partial charge in [0.15, 0.2) is 5.96 Å². The number of hydrogen-bond donors (Lipinski definition) is 1. The van der Waals surface area contributed by atoms with Crippen LogP contribution in [0.5, 0.6) is 0 Å². The number of nitrogens with two attached hydrogens (primary N) is 1. The molecule has 1 fully saturated rings. The minimum Gasteiger partial charge on any atom is -0.444 e. The Morgan fingerprint density at radius 1 is 1.25 bits per heavy atom. The first kappa shape index (κ1) is 18.4. The van der Waals surface area contributed by atoms with Crippen molar-refractivity contribution in [3.8, 4) is 0 Å². The van der Waals surface area contributed by atoms with E-state index in [1.807, 2.05) is 49.9 Å². The summed E-state index contributed by atoms with van der Waals surface area (Å²) in [6, 6.07) is 7.55. The zero-order chi connectivity index (χ0) is 17.7. The summed E-state index contributed by atoms with van der Waals surface area (Å²) in [6.07, 6.45) is -0.281. The monoisotopic (exact) mass is 352 g/mol.